The van der Waals surface area contributed by atoms with Gasteiger partial charge in [0, 0.05) is 0 Å². The van der Waals surface area contributed by atoms with Crippen molar-refractivity contribution in [2.45, 2.75) is 0 Å². The molecule has 0 bridgehead atoms. The summed E-state index contributed by atoms with van der Waals surface area (Å²) >= 11 is 5.80. The number of benzene rings is 2. The predicted molar refractivity (Wildman–Crippen MR) is 69.6 cm³/mol. The lowest BCUT2D eigenvalue weighted by Gasteiger charge is -2.10. The lowest BCUT2D eigenvalue weighted by Crippen LogP contribution is -1.98. The summed E-state index contributed by atoms with van der Waals surface area (Å²) in [7, 11) is 0. The summed E-state index contributed by atoms with van der Waals surface area (Å²) in [4.78, 5) is 10.8. The van der Waals surface area contributed by atoms with Gasteiger partial charge in [0.1, 0.15) is 5.75 Å². The third-order valence-corrected chi connectivity index (χ3v) is 2.81. The highest BCUT2D eigenvalue weighted by Gasteiger charge is 2.16. The zero-order chi connectivity index (χ0) is 15.6. The third kappa shape index (κ3) is 3.09. The second-order valence-corrected chi connectivity index (χ2v) is 4.34. The summed E-state index contributed by atoms with van der Waals surface area (Å²) < 4.78 is 32.4. The SMILES string of the molecule is N#Cc1cc(F)c(Oc2ccc(C(=O)O)cc2Cl)c(F)c1. The van der Waals surface area contributed by atoms with Gasteiger partial charge in [0.25, 0.3) is 0 Å². The van der Waals surface area contributed by atoms with Gasteiger partial charge in [-0.2, -0.15) is 5.26 Å². The zero-order valence-corrected chi connectivity index (χ0v) is 11.0. The van der Waals surface area contributed by atoms with Crippen molar-refractivity contribution in [1.29, 1.82) is 5.26 Å². The number of rotatable bonds is 3. The van der Waals surface area contributed by atoms with E-state index in [1.165, 1.54) is 12.1 Å². The number of aromatic carboxylic acids is 1. The van der Waals surface area contributed by atoms with Crippen LogP contribution in [0.3, 0.4) is 0 Å². The van der Waals surface area contributed by atoms with Crippen molar-refractivity contribution < 1.29 is 23.4 Å². The molecule has 106 valence electrons. The van der Waals surface area contributed by atoms with E-state index in [2.05, 4.69) is 0 Å². The number of hydrogen-bond acceptors (Lipinski definition) is 3. The largest absolute Gasteiger partial charge is 0.478 e. The Kier molecular flexibility index (Phi) is 4.05. The van der Waals surface area contributed by atoms with Gasteiger partial charge in [-0.15, -0.1) is 0 Å². The van der Waals surface area contributed by atoms with Crippen molar-refractivity contribution in [2.75, 3.05) is 0 Å². The van der Waals surface area contributed by atoms with E-state index in [9.17, 15) is 13.6 Å². The monoisotopic (exact) mass is 309 g/mol. The number of ether oxygens (including phenoxy) is 1. The van der Waals surface area contributed by atoms with E-state index in [4.69, 9.17) is 26.7 Å². The number of carboxylic acids is 1. The molecule has 2 aromatic carbocycles. The Labute approximate surface area is 122 Å². The molecule has 0 aliphatic heterocycles. The Morgan fingerprint density at radius 3 is 2.33 bits per heavy atom. The Morgan fingerprint density at radius 2 is 1.86 bits per heavy atom. The van der Waals surface area contributed by atoms with Gasteiger partial charge in [-0.05, 0) is 30.3 Å². The lowest BCUT2D eigenvalue weighted by atomic mass is 10.2. The van der Waals surface area contributed by atoms with Crippen molar-refractivity contribution in [3.63, 3.8) is 0 Å². The Bertz CT molecular complexity index is 748. The molecule has 21 heavy (non-hydrogen) atoms. The maximum atomic E-state index is 13.7. The normalized spacial score (nSPS) is 10.0. The van der Waals surface area contributed by atoms with Gasteiger partial charge < -0.3 is 9.84 Å². The Hall–Kier alpha value is -2.65. The number of nitrogens with zero attached hydrogens (tertiary/aromatic N) is 1. The molecular formula is C14H6ClF2NO3. The number of nitriles is 1. The van der Waals surface area contributed by atoms with Crippen molar-refractivity contribution in [2.24, 2.45) is 0 Å². The molecule has 0 saturated heterocycles. The van der Waals surface area contributed by atoms with E-state index >= 15 is 0 Å². The van der Waals surface area contributed by atoms with E-state index in [0.717, 1.165) is 18.2 Å². The van der Waals surface area contributed by atoms with Crippen LogP contribution in [0.2, 0.25) is 5.02 Å². The van der Waals surface area contributed by atoms with E-state index in [1.54, 1.807) is 6.07 Å². The third-order valence-electron chi connectivity index (χ3n) is 2.52. The standard InChI is InChI=1S/C14H6ClF2NO3/c15-9-5-8(14(19)20)1-2-12(9)21-13-10(16)3-7(6-18)4-11(13)17/h1-5H,(H,19,20). The molecule has 0 amide bonds. The van der Waals surface area contributed by atoms with Gasteiger partial charge >= 0.3 is 5.97 Å². The van der Waals surface area contributed by atoms with Gasteiger partial charge in [-0.1, -0.05) is 11.6 Å². The molecule has 0 spiro atoms. The zero-order valence-electron chi connectivity index (χ0n) is 10.2. The molecule has 0 aliphatic carbocycles. The van der Waals surface area contributed by atoms with Crippen LogP contribution in [0.4, 0.5) is 8.78 Å². The fraction of sp³-hybridized carbons (Fsp3) is 0. The van der Waals surface area contributed by atoms with E-state index in [-0.39, 0.29) is 21.9 Å². The summed E-state index contributed by atoms with van der Waals surface area (Å²) in [6.45, 7) is 0. The van der Waals surface area contributed by atoms with E-state index in [0.29, 0.717) is 0 Å². The molecule has 0 unspecified atom stereocenters. The lowest BCUT2D eigenvalue weighted by molar-refractivity contribution is 0.0697. The maximum absolute atomic E-state index is 13.7. The average Bonchev–Trinajstić information content (AvgIpc) is 2.43. The molecule has 2 aromatic rings. The molecule has 2 rings (SSSR count). The Balaban J connectivity index is 2.39. The summed E-state index contributed by atoms with van der Waals surface area (Å²) in [6, 6.07) is 6.70. The summed E-state index contributed by atoms with van der Waals surface area (Å²) in [5.74, 6) is -4.16. The first-order chi connectivity index (χ1) is 9.92. The Morgan fingerprint density at radius 1 is 1.24 bits per heavy atom. The minimum Gasteiger partial charge on any atom is -0.478 e. The van der Waals surface area contributed by atoms with Crippen molar-refractivity contribution in [3.05, 3.63) is 58.1 Å². The average molecular weight is 310 g/mol. The number of halogens is 3. The number of carboxylic acid groups (broad SMARTS) is 1. The van der Waals surface area contributed by atoms with Crippen LogP contribution in [0.15, 0.2) is 30.3 Å². The van der Waals surface area contributed by atoms with Crippen LogP contribution in [-0.2, 0) is 0 Å². The van der Waals surface area contributed by atoms with Crippen LogP contribution >= 0.6 is 11.6 Å². The predicted octanol–water partition coefficient (Wildman–Crippen LogP) is 3.98. The summed E-state index contributed by atoms with van der Waals surface area (Å²) in [5, 5.41) is 17.3. The van der Waals surface area contributed by atoms with Gasteiger partial charge in [0.15, 0.2) is 17.4 Å². The fourth-order valence-corrected chi connectivity index (χ4v) is 1.77. The fourth-order valence-electron chi connectivity index (χ4n) is 1.55. The molecule has 7 heteroatoms. The van der Waals surface area contributed by atoms with Crippen molar-refractivity contribution >= 4 is 17.6 Å². The minimum atomic E-state index is -1.20. The summed E-state index contributed by atoms with van der Waals surface area (Å²) in [6.07, 6.45) is 0. The van der Waals surface area contributed by atoms with E-state index < -0.39 is 23.4 Å². The summed E-state index contributed by atoms with van der Waals surface area (Å²) in [5.41, 5.74) is -0.280. The maximum Gasteiger partial charge on any atom is 0.335 e. The van der Waals surface area contributed by atoms with Crippen molar-refractivity contribution in [1.82, 2.24) is 0 Å². The first-order valence-corrected chi connectivity index (χ1v) is 5.90. The second kappa shape index (κ2) is 5.77. The van der Waals surface area contributed by atoms with Crippen LogP contribution in [0.1, 0.15) is 15.9 Å². The van der Waals surface area contributed by atoms with Crippen molar-refractivity contribution in [3.8, 4) is 17.6 Å². The molecule has 0 radical (unpaired) electrons. The van der Waals surface area contributed by atoms with Crippen LogP contribution in [0.5, 0.6) is 11.5 Å². The van der Waals surface area contributed by atoms with Gasteiger partial charge in [-0.25, -0.2) is 13.6 Å². The number of hydrogen-bond donors (Lipinski definition) is 1. The molecule has 4 nitrogen and oxygen atoms in total. The molecule has 0 aromatic heterocycles. The molecule has 0 heterocycles. The van der Waals surface area contributed by atoms with Gasteiger partial charge in [-0.3, -0.25) is 0 Å². The molecular weight excluding hydrogens is 304 g/mol. The van der Waals surface area contributed by atoms with Crippen LogP contribution < -0.4 is 4.74 Å². The minimum absolute atomic E-state index is 0.0897. The van der Waals surface area contributed by atoms with Gasteiger partial charge in [0.2, 0.25) is 0 Å². The van der Waals surface area contributed by atoms with Crippen LogP contribution in [-0.4, -0.2) is 11.1 Å². The highest BCUT2D eigenvalue weighted by Crippen LogP contribution is 2.33. The van der Waals surface area contributed by atoms with Gasteiger partial charge in [0.05, 0.1) is 22.2 Å². The molecule has 1 N–H and O–H groups in total. The first kappa shape index (κ1) is 14.8. The smallest absolute Gasteiger partial charge is 0.335 e. The molecule has 0 saturated carbocycles. The first-order valence-electron chi connectivity index (χ1n) is 5.52. The topological polar surface area (TPSA) is 70.3 Å². The van der Waals surface area contributed by atoms with Crippen LogP contribution in [0, 0.1) is 23.0 Å². The van der Waals surface area contributed by atoms with Crippen LogP contribution in [0.25, 0.3) is 0 Å². The second-order valence-electron chi connectivity index (χ2n) is 3.93. The highest BCUT2D eigenvalue weighted by atomic mass is 35.5. The molecule has 0 aliphatic rings. The number of carbonyl (C=O) groups is 1. The molecule has 0 atom stereocenters. The molecule has 0 fully saturated rings. The van der Waals surface area contributed by atoms with E-state index in [1.807, 2.05) is 0 Å². The quantitative estimate of drug-likeness (QED) is 0.931. The highest BCUT2D eigenvalue weighted by molar-refractivity contribution is 6.32.